The van der Waals surface area contributed by atoms with Crippen LogP contribution in [0.15, 0.2) is 32.2 Å². The third kappa shape index (κ3) is 2.42. The minimum atomic E-state index is -4.85. The highest BCUT2D eigenvalue weighted by Crippen LogP contribution is 2.34. The Balaban J connectivity index is 3.00. The predicted octanol–water partition coefficient (Wildman–Crippen LogP) is -0.0620. The first-order chi connectivity index (χ1) is 8.43. The highest BCUT2D eigenvalue weighted by Gasteiger charge is 2.30. The molecule has 2 N–H and O–H groups in total. The second-order valence-electron chi connectivity index (χ2n) is 3.63. The Morgan fingerprint density at radius 3 is 2.00 bits per heavy atom. The molecule has 0 spiro atoms. The van der Waals surface area contributed by atoms with Crippen LogP contribution in [0, 0.1) is 0 Å². The topological polar surface area (TPSA) is 143 Å². The molecular formula is C8H6O8S3. The fourth-order valence-electron chi connectivity index (χ4n) is 1.57. The fraction of sp³-hybridized carbons (Fsp3) is 0. The number of hydrogen-bond donors (Lipinski definition) is 2. The van der Waals surface area contributed by atoms with E-state index in [4.69, 9.17) is 9.11 Å². The molecule has 8 nitrogen and oxygen atoms in total. The van der Waals surface area contributed by atoms with Crippen molar-refractivity contribution in [1.29, 1.82) is 0 Å². The smallest absolute Gasteiger partial charge is 0.282 e. The molecule has 1 aromatic rings. The molecular weight excluding hydrogens is 320 g/mol. The largest absolute Gasteiger partial charge is 0.295 e. The molecule has 0 aromatic heterocycles. The number of hydrogen-bond acceptors (Lipinski definition) is 6. The van der Waals surface area contributed by atoms with Crippen molar-refractivity contribution >= 4 is 36.1 Å². The molecule has 0 amide bonds. The second-order valence-corrected chi connectivity index (χ2v) is 8.24. The van der Waals surface area contributed by atoms with E-state index < -0.39 is 44.8 Å². The van der Waals surface area contributed by atoms with Crippen molar-refractivity contribution in [3.63, 3.8) is 0 Å². The Morgan fingerprint density at radius 1 is 0.947 bits per heavy atom. The molecule has 0 bridgehead atoms. The molecule has 0 radical (unpaired) electrons. The number of rotatable bonds is 2. The minimum Gasteiger partial charge on any atom is -0.282 e. The Morgan fingerprint density at radius 2 is 1.53 bits per heavy atom. The monoisotopic (exact) mass is 326 g/mol. The van der Waals surface area contributed by atoms with Crippen LogP contribution in [-0.4, -0.2) is 34.4 Å². The normalized spacial score (nSPS) is 17.4. The first-order valence-corrected chi connectivity index (χ1v) is 8.92. The zero-order valence-electron chi connectivity index (χ0n) is 8.88. The lowest BCUT2D eigenvalue weighted by Gasteiger charge is -2.07. The first kappa shape index (κ1) is 14.1. The van der Waals surface area contributed by atoms with E-state index in [0.717, 1.165) is 6.08 Å². The average molecular weight is 326 g/mol. The maximum Gasteiger partial charge on any atom is 0.295 e. The molecule has 2 rings (SSSR count). The van der Waals surface area contributed by atoms with Gasteiger partial charge in [-0.15, -0.1) is 0 Å². The molecule has 0 saturated heterocycles. The molecule has 1 aromatic carbocycles. The summed E-state index contributed by atoms with van der Waals surface area (Å²) in [6.07, 6.45) is 0.918. The van der Waals surface area contributed by atoms with Crippen molar-refractivity contribution < 1.29 is 34.4 Å². The van der Waals surface area contributed by atoms with Gasteiger partial charge in [0.2, 0.25) is 9.84 Å². The van der Waals surface area contributed by atoms with Gasteiger partial charge in [-0.25, -0.2) is 8.42 Å². The second kappa shape index (κ2) is 3.86. The average Bonchev–Trinajstić information content (AvgIpc) is 2.51. The summed E-state index contributed by atoms with van der Waals surface area (Å²) in [6, 6.07) is 1.10. The summed E-state index contributed by atoms with van der Waals surface area (Å²) in [5.74, 6) is 0. The van der Waals surface area contributed by atoms with Crippen molar-refractivity contribution in [2.75, 3.05) is 0 Å². The van der Waals surface area contributed by atoms with Crippen LogP contribution >= 0.6 is 0 Å². The van der Waals surface area contributed by atoms with Gasteiger partial charge in [0.25, 0.3) is 20.2 Å². The Hall–Kier alpha value is -1.27. The lowest BCUT2D eigenvalue weighted by atomic mass is 10.2. The first-order valence-electron chi connectivity index (χ1n) is 4.49. The quantitative estimate of drug-likeness (QED) is 0.719. The molecule has 1 heterocycles. The van der Waals surface area contributed by atoms with Gasteiger partial charge >= 0.3 is 0 Å². The van der Waals surface area contributed by atoms with Gasteiger partial charge in [-0.2, -0.15) is 16.8 Å². The molecule has 0 unspecified atom stereocenters. The van der Waals surface area contributed by atoms with Crippen molar-refractivity contribution in [3.05, 3.63) is 23.1 Å². The van der Waals surface area contributed by atoms with Crippen LogP contribution < -0.4 is 0 Å². The number of fused-ring (bicyclic) bond motifs is 1. The van der Waals surface area contributed by atoms with Gasteiger partial charge in [-0.05, 0) is 18.2 Å². The van der Waals surface area contributed by atoms with Crippen LogP contribution in [0.3, 0.4) is 0 Å². The maximum atomic E-state index is 11.6. The summed E-state index contributed by atoms with van der Waals surface area (Å²) in [5, 5.41) is 0.667. The van der Waals surface area contributed by atoms with E-state index in [1.165, 1.54) is 0 Å². The van der Waals surface area contributed by atoms with Gasteiger partial charge in [-0.1, -0.05) is 0 Å². The number of sulfone groups is 1. The van der Waals surface area contributed by atoms with Gasteiger partial charge < -0.3 is 0 Å². The van der Waals surface area contributed by atoms with Crippen molar-refractivity contribution in [2.45, 2.75) is 14.7 Å². The zero-order chi connectivity index (χ0) is 14.6. The molecule has 104 valence electrons. The predicted molar refractivity (Wildman–Crippen MR) is 62.3 cm³/mol. The van der Waals surface area contributed by atoms with E-state index >= 15 is 0 Å². The van der Waals surface area contributed by atoms with Gasteiger partial charge in [0.05, 0.1) is 9.79 Å². The lowest BCUT2D eigenvalue weighted by Crippen LogP contribution is -2.08. The number of benzene rings is 1. The van der Waals surface area contributed by atoms with E-state index in [2.05, 4.69) is 0 Å². The molecule has 0 atom stereocenters. The van der Waals surface area contributed by atoms with Gasteiger partial charge in [-0.3, -0.25) is 9.11 Å². The Bertz CT molecular complexity index is 903. The van der Waals surface area contributed by atoms with E-state index in [0.29, 0.717) is 17.5 Å². The summed E-state index contributed by atoms with van der Waals surface area (Å²) in [5.41, 5.74) is -0.352. The van der Waals surface area contributed by atoms with Crippen LogP contribution in [0.1, 0.15) is 5.56 Å². The molecule has 1 aliphatic heterocycles. The fourth-order valence-corrected chi connectivity index (χ4v) is 4.29. The van der Waals surface area contributed by atoms with Gasteiger partial charge in [0.15, 0.2) is 0 Å². The summed E-state index contributed by atoms with van der Waals surface area (Å²) < 4.78 is 85.2. The third-order valence-corrected chi connectivity index (χ3v) is 5.54. The van der Waals surface area contributed by atoms with Crippen LogP contribution in [0.5, 0.6) is 0 Å². The molecule has 1 aliphatic rings. The highest BCUT2D eigenvalue weighted by atomic mass is 32.2. The van der Waals surface area contributed by atoms with Gasteiger partial charge in [0, 0.05) is 11.0 Å². The molecule has 0 saturated carbocycles. The SMILES string of the molecule is O=S(=O)(O)c1cc(S(=O)(=O)O)c2c(c1)S(=O)(=O)C=C2. The minimum absolute atomic E-state index is 0.352. The molecule has 19 heavy (non-hydrogen) atoms. The third-order valence-electron chi connectivity index (χ3n) is 2.37. The zero-order valence-corrected chi connectivity index (χ0v) is 11.3. The Kier molecular flexibility index (Phi) is 2.88. The van der Waals surface area contributed by atoms with Crippen molar-refractivity contribution in [3.8, 4) is 0 Å². The van der Waals surface area contributed by atoms with Crippen LogP contribution in [0.2, 0.25) is 0 Å². The van der Waals surface area contributed by atoms with Crippen LogP contribution in [-0.2, 0) is 30.1 Å². The summed E-state index contributed by atoms with van der Waals surface area (Å²) in [7, 11) is -13.7. The standard InChI is InChI=1S/C8H6O8S3/c9-17(10)2-1-6-7(17)3-5(18(11,12)13)4-8(6)19(14,15)16/h1-4H,(H,11,12,13)(H,14,15,16). The summed E-state index contributed by atoms with van der Waals surface area (Å²) >= 11 is 0. The molecule has 11 heteroatoms. The van der Waals surface area contributed by atoms with Crippen molar-refractivity contribution in [2.24, 2.45) is 0 Å². The summed E-state index contributed by atoms with van der Waals surface area (Å²) in [4.78, 5) is -2.46. The molecule has 0 aliphatic carbocycles. The Labute approximate surface area is 108 Å². The van der Waals surface area contributed by atoms with Gasteiger partial charge in [0.1, 0.15) is 4.90 Å². The van der Waals surface area contributed by atoms with E-state index in [-0.39, 0.29) is 5.56 Å². The van der Waals surface area contributed by atoms with Crippen LogP contribution in [0.25, 0.3) is 6.08 Å². The summed E-state index contributed by atoms with van der Waals surface area (Å²) in [6.45, 7) is 0. The molecule has 0 fully saturated rings. The van der Waals surface area contributed by atoms with Crippen molar-refractivity contribution in [1.82, 2.24) is 0 Å². The van der Waals surface area contributed by atoms with Crippen LogP contribution in [0.4, 0.5) is 0 Å². The van der Waals surface area contributed by atoms with E-state index in [1.54, 1.807) is 0 Å². The van der Waals surface area contributed by atoms with E-state index in [9.17, 15) is 25.3 Å². The van der Waals surface area contributed by atoms with E-state index in [1.807, 2.05) is 0 Å². The maximum absolute atomic E-state index is 11.6. The lowest BCUT2D eigenvalue weighted by molar-refractivity contribution is 0.480. The highest BCUT2D eigenvalue weighted by molar-refractivity contribution is 7.95.